The first kappa shape index (κ1) is 16.1. The van der Waals surface area contributed by atoms with Crippen molar-refractivity contribution in [2.45, 2.75) is 45.6 Å². The number of ether oxygens (including phenoxy) is 2. The van der Waals surface area contributed by atoms with Crippen LogP contribution < -0.4 is 14.8 Å². The molecule has 0 unspecified atom stereocenters. The Morgan fingerprint density at radius 1 is 1.16 bits per heavy atom. The van der Waals surface area contributed by atoms with Gasteiger partial charge in [0.2, 0.25) is 6.79 Å². The Morgan fingerprint density at radius 3 is 2.68 bits per heavy atom. The smallest absolute Gasteiger partial charge is 0.231 e. The SMILES string of the molecule is CCCN[C@H](CCC)Cc1ccc2c(c1)OCO2.Cl. The van der Waals surface area contributed by atoms with Gasteiger partial charge in [-0.05, 0) is 43.5 Å². The number of rotatable bonds is 7. The summed E-state index contributed by atoms with van der Waals surface area (Å²) < 4.78 is 10.8. The van der Waals surface area contributed by atoms with Crippen molar-refractivity contribution in [3.8, 4) is 11.5 Å². The van der Waals surface area contributed by atoms with Crippen LogP contribution >= 0.6 is 12.4 Å². The largest absolute Gasteiger partial charge is 0.454 e. The van der Waals surface area contributed by atoms with E-state index in [0.717, 1.165) is 24.5 Å². The lowest BCUT2D eigenvalue weighted by Gasteiger charge is -2.18. The lowest BCUT2D eigenvalue weighted by Crippen LogP contribution is -2.31. The molecule has 2 rings (SSSR count). The maximum atomic E-state index is 5.42. The summed E-state index contributed by atoms with van der Waals surface area (Å²) in [4.78, 5) is 0. The van der Waals surface area contributed by atoms with Crippen LogP contribution in [0.15, 0.2) is 18.2 Å². The zero-order valence-corrected chi connectivity index (χ0v) is 12.6. The van der Waals surface area contributed by atoms with Gasteiger partial charge in [-0.15, -0.1) is 12.4 Å². The zero-order chi connectivity index (χ0) is 12.8. The number of nitrogens with one attached hydrogen (secondary N) is 1. The Kier molecular flexibility index (Phi) is 7.03. The molecule has 0 aromatic heterocycles. The van der Waals surface area contributed by atoms with Crippen LogP contribution in [0.2, 0.25) is 0 Å². The summed E-state index contributed by atoms with van der Waals surface area (Å²) in [5, 5.41) is 3.61. The summed E-state index contributed by atoms with van der Waals surface area (Å²) in [7, 11) is 0. The molecule has 0 bridgehead atoms. The predicted molar refractivity (Wildman–Crippen MR) is 80.5 cm³/mol. The molecule has 0 aliphatic carbocycles. The fraction of sp³-hybridized carbons (Fsp3) is 0.600. The first-order valence-electron chi connectivity index (χ1n) is 6.95. The quantitative estimate of drug-likeness (QED) is 0.831. The molecule has 19 heavy (non-hydrogen) atoms. The first-order valence-corrected chi connectivity index (χ1v) is 6.95. The highest BCUT2D eigenvalue weighted by Crippen LogP contribution is 2.32. The summed E-state index contributed by atoms with van der Waals surface area (Å²) >= 11 is 0. The fourth-order valence-electron chi connectivity index (χ4n) is 2.33. The molecular formula is C15H24ClNO2. The topological polar surface area (TPSA) is 30.5 Å². The Morgan fingerprint density at radius 2 is 1.95 bits per heavy atom. The normalized spacial score (nSPS) is 14.0. The van der Waals surface area contributed by atoms with Crippen LogP contribution in [-0.2, 0) is 6.42 Å². The van der Waals surface area contributed by atoms with E-state index in [0.29, 0.717) is 12.8 Å². The summed E-state index contributed by atoms with van der Waals surface area (Å²) in [5.74, 6) is 1.76. The van der Waals surface area contributed by atoms with Gasteiger partial charge in [0.25, 0.3) is 0 Å². The van der Waals surface area contributed by atoms with Crippen molar-refractivity contribution in [1.29, 1.82) is 0 Å². The van der Waals surface area contributed by atoms with Crippen molar-refractivity contribution in [1.82, 2.24) is 5.32 Å². The fourth-order valence-corrected chi connectivity index (χ4v) is 2.33. The third-order valence-corrected chi connectivity index (χ3v) is 3.24. The Hall–Kier alpha value is -0.930. The van der Waals surface area contributed by atoms with Crippen LogP contribution in [0.4, 0.5) is 0 Å². The van der Waals surface area contributed by atoms with Crippen molar-refractivity contribution >= 4 is 12.4 Å². The van der Waals surface area contributed by atoms with E-state index < -0.39 is 0 Å². The molecule has 0 fully saturated rings. The maximum absolute atomic E-state index is 5.42. The van der Waals surface area contributed by atoms with Gasteiger partial charge in [-0.1, -0.05) is 26.3 Å². The van der Waals surface area contributed by atoms with Crippen LogP contribution in [0.25, 0.3) is 0 Å². The van der Waals surface area contributed by atoms with Gasteiger partial charge in [-0.25, -0.2) is 0 Å². The minimum atomic E-state index is 0. The molecule has 3 nitrogen and oxygen atoms in total. The standard InChI is InChI=1S/C15H23NO2.ClH/c1-3-5-13(16-8-4-2)9-12-6-7-14-15(10-12)18-11-17-14;/h6-7,10,13,16H,3-5,8-9,11H2,1-2H3;1H/t13-;/m1./s1. The number of halogens is 1. The lowest BCUT2D eigenvalue weighted by atomic mass is 10.0. The molecule has 0 amide bonds. The third kappa shape index (κ3) is 4.59. The van der Waals surface area contributed by atoms with E-state index in [-0.39, 0.29) is 12.4 Å². The van der Waals surface area contributed by atoms with E-state index in [1.807, 2.05) is 6.07 Å². The van der Waals surface area contributed by atoms with Crippen molar-refractivity contribution in [2.24, 2.45) is 0 Å². The van der Waals surface area contributed by atoms with Gasteiger partial charge >= 0.3 is 0 Å². The number of hydrogen-bond donors (Lipinski definition) is 1. The highest BCUT2D eigenvalue weighted by molar-refractivity contribution is 5.85. The van der Waals surface area contributed by atoms with Crippen LogP contribution in [-0.4, -0.2) is 19.4 Å². The molecule has 108 valence electrons. The molecule has 1 aromatic carbocycles. The molecule has 1 aliphatic rings. The summed E-state index contributed by atoms with van der Waals surface area (Å²) in [6.45, 7) is 5.89. The monoisotopic (exact) mass is 285 g/mol. The molecular weight excluding hydrogens is 262 g/mol. The molecule has 4 heteroatoms. The van der Waals surface area contributed by atoms with Gasteiger partial charge in [0.1, 0.15) is 0 Å². The number of benzene rings is 1. The second kappa shape index (κ2) is 8.28. The molecule has 1 heterocycles. The van der Waals surface area contributed by atoms with E-state index in [1.54, 1.807) is 0 Å². The minimum absolute atomic E-state index is 0. The van der Waals surface area contributed by atoms with Crippen molar-refractivity contribution in [3.63, 3.8) is 0 Å². The van der Waals surface area contributed by atoms with Crippen molar-refractivity contribution in [3.05, 3.63) is 23.8 Å². The van der Waals surface area contributed by atoms with Crippen LogP contribution in [0.1, 0.15) is 38.7 Å². The molecule has 1 aromatic rings. The van der Waals surface area contributed by atoms with Crippen LogP contribution in [0.3, 0.4) is 0 Å². The average molecular weight is 286 g/mol. The second-order valence-electron chi connectivity index (χ2n) is 4.83. The molecule has 1 N–H and O–H groups in total. The first-order chi connectivity index (χ1) is 8.83. The Balaban J connectivity index is 0.00000180. The highest BCUT2D eigenvalue weighted by Gasteiger charge is 2.15. The van der Waals surface area contributed by atoms with Crippen LogP contribution in [0.5, 0.6) is 11.5 Å². The predicted octanol–water partition coefficient (Wildman–Crippen LogP) is 3.55. The Labute approximate surface area is 122 Å². The van der Waals surface area contributed by atoms with Gasteiger partial charge in [-0.2, -0.15) is 0 Å². The van der Waals surface area contributed by atoms with E-state index in [1.165, 1.54) is 24.8 Å². The van der Waals surface area contributed by atoms with Gasteiger partial charge in [0.15, 0.2) is 11.5 Å². The van der Waals surface area contributed by atoms with E-state index in [4.69, 9.17) is 9.47 Å². The number of hydrogen-bond acceptors (Lipinski definition) is 3. The third-order valence-electron chi connectivity index (χ3n) is 3.24. The lowest BCUT2D eigenvalue weighted by molar-refractivity contribution is 0.174. The van der Waals surface area contributed by atoms with Gasteiger partial charge in [-0.3, -0.25) is 0 Å². The average Bonchev–Trinajstić information content (AvgIpc) is 2.83. The summed E-state index contributed by atoms with van der Waals surface area (Å²) in [5.41, 5.74) is 1.32. The summed E-state index contributed by atoms with van der Waals surface area (Å²) in [6.07, 6.45) is 4.67. The summed E-state index contributed by atoms with van der Waals surface area (Å²) in [6, 6.07) is 6.83. The zero-order valence-electron chi connectivity index (χ0n) is 11.8. The molecule has 0 saturated carbocycles. The van der Waals surface area contributed by atoms with Crippen molar-refractivity contribution in [2.75, 3.05) is 13.3 Å². The van der Waals surface area contributed by atoms with Gasteiger partial charge in [0, 0.05) is 6.04 Å². The van der Waals surface area contributed by atoms with Gasteiger partial charge < -0.3 is 14.8 Å². The maximum Gasteiger partial charge on any atom is 0.231 e. The van der Waals surface area contributed by atoms with Gasteiger partial charge in [0.05, 0.1) is 0 Å². The minimum Gasteiger partial charge on any atom is -0.454 e. The van der Waals surface area contributed by atoms with Crippen molar-refractivity contribution < 1.29 is 9.47 Å². The highest BCUT2D eigenvalue weighted by atomic mass is 35.5. The molecule has 1 atom stereocenters. The number of fused-ring (bicyclic) bond motifs is 1. The Bertz CT molecular complexity index is 384. The van der Waals surface area contributed by atoms with E-state index >= 15 is 0 Å². The van der Waals surface area contributed by atoms with E-state index in [2.05, 4.69) is 31.3 Å². The second-order valence-corrected chi connectivity index (χ2v) is 4.83. The molecule has 0 radical (unpaired) electrons. The molecule has 0 saturated heterocycles. The van der Waals surface area contributed by atoms with E-state index in [9.17, 15) is 0 Å². The molecule has 0 spiro atoms. The molecule has 1 aliphatic heterocycles. The van der Waals surface area contributed by atoms with Crippen LogP contribution in [0, 0.1) is 0 Å².